The molecule has 0 radical (unpaired) electrons. The third kappa shape index (κ3) is 4.30. The predicted molar refractivity (Wildman–Crippen MR) is 157 cm³/mol. The smallest absolute Gasteiger partial charge is 0.0680 e. The molecule has 0 aromatic heterocycles. The maximum absolute atomic E-state index is 2.51. The molecule has 188 valence electrons. The number of rotatable bonds is 4. The van der Waals surface area contributed by atoms with Crippen LogP contribution in [0.5, 0.6) is 0 Å². The molecule has 36 heavy (non-hydrogen) atoms. The highest BCUT2D eigenvalue weighted by Crippen LogP contribution is 2.54. The summed E-state index contributed by atoms with van der Waals surface area (Å²) in [6.45, 7) is 25.3. The topological polar surface area (TPSA) is 0 Å². The van der Waals surface area contributed by atoms with Gasteiger partial charge in [0.15, 0.2) is 0 Å². The van der Waals surface area contributed by atoms with E-state index in [9.17, 15) is 0 Å². The monoisotopic (exact) mass is 476 g/mol. The van der Waals surface area contributed by atoms with E-state index in [1.807, 2.05) is 0 Å². The highest BCUT2D eigenvalue weighted by atomic mass is 14.5. The van der Waals surface area contributed by atoms with Crippen molar-refractivity contribution in [1.29, 1.82) is 0 Å². The van der Waals surface area contributed by atoms with Crippen LogP contribution in [0.1, 0.15) is 87.0 Å². The van der Waals surface area contributed by atoms with E-state index in [1.165, 1.54) is 77.9 Å². The second-order valence-corrected chi connectivity index (χ2v) is 11.8. The standard InChI is InChI=1S/C36H44/c1-21-12-22(2)20-32(19-21)36(33-26(6)13-23(3)14-27(33)7,34-28(8)15-24(4)16-29(34)9)35-30(10)17-25(5)18-31(35)11/h12-19,22H,20H2,1-11H3. The van der Waals surface area contributed by atoms with Crippen LogP contribution in [0.4, 0.5) is 0 Å². The lowest BCUT2D eigenvalue weighted by Gasteiger charge is -2.45. The quantitative estimate of drug-likeness (QED) is 0.329. The molecule has 0 heteroatoms. The summed E-state index contributed by atoms with van der Waals surface area (Å²) in [5.74, 6) is 0.507. The van der Waals surface area contributed by atoms with Crippen molar-refractivity contribution in [3.05, 3.63) is 126 Å². The third-order valence-corrected chi connectivity index (χ3v) is 8.13. The van der Waals surface area contributed by atoms with Gasteiger partial charge in [0.2, 0.25) is 0 Å². The zero-order valence-electron chi connectivity index (χ0n) is 24.4. The number of hydrogen-bond acceptors (Lipinski definition) is 0. The molecule has 3 aromatic rings. The molecule has 0 nitrogen and oxygen atoms in total. The molecule has 1 aliphatic carbocycles. The fraction of sp³-hybridized carbons (Fsp3) is 0.389. The minimum atomic E-state index is -0.352. The van der Waals surface area contributed by atoms with Gasteiger partial charge in [0, 0.05) is 0 Å². The molecule has 0 heterocycles. The molecular weight excluding hydrogens is 432 g/mol. The number of benzene rings is 3. The van der Waals surface area contributed by atoms with Crippen LogP contribution in [-0.2, 0) is 5.41 Å². The minimum absolute atomic E-state index is 0.352. The Kier molecular flexibility index (Phi) is 6.95. The van der Waals surface area contributed by atoms with Crippen LogP contribution in [-0.4, -0.2) is 0 Å². The summed E-state index contributed by atoms with van der Waals surface area (Å²) in [5, 5.41) is 0. The first-order chi connectivity index (χ1) is 16.9. The molecule has 0 fully saturated rings. The molecule has 4 rings (SSSR count). The van der Waals surface area contributed by atoms with Gasteiger partial charge in [-0.2, -0.15) is 0 Å². The summed E-state index contributed by atoms with van der Waals surface area (Å²) in [7, 11) is 0. The van der Waals surface area contributed by atoms with Crippen molar-refractivity contribution in [2.75, 3.05) is 0 Å². The molecule has 1 aliphatic rings. The second-order valence-electron chi connectivity index (χ2n) is 11.8. The average molecular weight is 477 g/mol. The molecule has 0 saturated heterocycles. The number of hydrogen-bond donors (Lipinski definition) is 0. The van der Waals surface area contributed by atoms with Crippen molar-refractivity contribution < 1.29 is 0 Å². The van der Waals surface area contributed by atoms with Crippen LogP contribution < -0.4 is 0 Å². The SMILES string of the molecule is CC1=CC(C)CC(C(c2c(C)cc(C)cc2C)(c2c(C)cc(C)cc2C)c2c(C)cc(C)cc2C)=C1. The third-order valence-electron chi connectivity index (χ3n) is 8.13. The van der Waals surface area contributed by atoms with Gasteiger partial charge in [-0.1, -0.05) is 83.3 Å². The summed E-state index contributed by atoms with van der Waals surface area (Å²) in [5.41, 5.74) is 19.2. The Hall–Kier alpha value is -2.86. The largest absolute Gasteiger partial charge is 0.0784 e. The first-order valence-corrected chi connectivity index (χ1v) is 13.5. The van der Waals surface area contributed by atoms with Gasteiger partial charge in [0.05, 0.1) is 5.41 Å². The van der Waals surface area contributed by atoms with Crippen molar-refractivity contribution in [1.82, 2.24) is 0 Å². The van der Waals surface area contributed by atoms with E-state index >= 15 is 0 Å². The zero-order valence-corrected chi connectivity index (χ0v) is 24.4. The van der Waals surface area contributed by atoms with Crippen molar-refractivity contribution in [3.8, 4) is 0 Å². The van der Waals surface area contributed by atoms with Crippen molar-refractivity contribution in [2.45, 2.75) is 88.0 Å². The Morgan fingerprint density at radius 2 is 0.833 bits per heavy atom. The van der Waals surface area contributed by atoms with Gasteiger partial charge in [-0.15, -0.1) is 0 Å². The van der Waals surface area contributed by atoms with Gasteiger partial charge in [0.25, 0.3) is 0 Å². The van der Waals surface area contributed by atoms with Gasteiger partial charge >= 0.3 is 0 Å². The molecule has 0 N–H and O–H groups in total. The van der Waals surface area contributed by atoms with Gasteiger partial charge in [-0.25, -0.2) is 0 Å². The summed E-state index contributed by atoms with van der Waals surface area (Å²) in [6, 6.07) is 14.4. The summed E-state index contributed by atoms with van der Waals surface area (Å²) in [4.78, 5) is 0. The maximum Gasteiger partial charge on any atom is 0.0680 e. The van der Waals surface area contributed by atoms with Crippen molar-refractivity contribution >= 4 is 0 Å². The average Bonchev–Trinajstić information content (AvgIpc) is 2.70. The summed E-state index contributed by atoms with van der Waals surface area (Å²) < 4.78 is 0. The Morgan fingerprint density at radius 3 is 1.11 bits per heavy atom. The van der Waals surface area contributed by atoms with Gasteiger partial charge < -0.3 is 0 Å². The molecule has 0 aliphatic heterocycles. The van der Waals surface area contributed by atoms with E-state index in [4.69, 9.17) is 0 Å². The maximum atomic E-state index is 2.51. The van der Waals surface area contributed by atoms with Crippen LogP contribution in [0.2, 0.25) is 0 Å². The molecule has 0 bridgehead atoms. The predicted octanol–water partition coefficient (Wildman–Crippen LogP) is 9.71. The van der Waals surface area contributed by atoms with Crippen LogP contribution in [0.3, 0.4) is 0 Å². The molecule has 0 saturated carbocycles. The van der Waals surface area contributed by atoms with Crippen molar-refractivity contribution in [3.63, 3.8) is 0 Å². The first-order valence-electron chi connectivity index (χ1n) is 13.5. The Labute approximate surface area is 220 Å². The van der Waals surface area contributed by atoms with Gasteiger partial charge in [-0.05, 0) is 132 Å². The Balaban J connectivity index is 2.36. The zero-order chi connectivity index (χ0) is 26.5. The van der Waals surface area contributed by atoms with E-state index in [1.54, 1.807) is 0 Å². The lowest BCUT2D eigenvalue weighted by atomic mass is 9.56. The highest BCUT2D eigenvalue weighted by molar-refractivity contribution is 5.70. The van der Waals surface area contributed by atoms with E-state index in [0.717, 1.165) is 6.42 Å². The Morgan fingerprint density at radius 1 is 0.528 bits per heavy atom. The highest BCUT2D eigenvalue weighted by Gasteiger charge is 2.46. The molecule has 1 unspecified atom stereocenters. The molecular formula is C36H44. The van der Waals surface area contributed by atoms with Gasteiger partial charge in [-0.3, -0.25) is 0 Å². The molecule has 0 amide bonds. The first kappa shape index (κ1) is 26.2. The minimum Gasteiger partial charge on any atom is -0.0784 e. The molecule has 1 atom stereocenters. The van der Waals surface area contributed by atoms with Crippen LogP contribution >= 0.6 is 0 Å². The van der Waals surface area contributed by atoms with Crippen LogP contribution in [0, 0.1) is 68.2 Å². The summed E-state index contributed by atoms with van der Waals surface area (Å²) >= 11 is 0. The van der Waals surface area contributed by atoms with E-state index < -0.39 is 0 Å². The van der Waals surface area contributed by atoms with E-state index in [0.29, 0.717) is 5.92 Å². The second kappa shape index (κ2) is 9.55. The lowest BCUT2D eigenvalue weighted by Crippen LogP contribution is -2.38. The summed E-state index contributed by atoms with van der Waals surface area (Å²) in [6.07, 6.45) is 6.01. The van der Waals surface area contributed by atoms with Crippen molar-refractivity contribution in [2.24, 2.45) is 5.92 Å². The van der Waals surface area contributed by atoms with Crippen LogP contribution in [0.15, 0.2) is 59.7 Å². The normalized spacial score (nSPS) is 16.1. The lowest BCUT2D eigenvalue weighted by molar-refractivity contribution is 0.589. The number of aryl methyl sites for hydroxylation is 9. The molecule has 3 aromatic carbocycles. The fourth-order valence-corrected chi connectivity index (χ4v) is 7.67. The fourth-order valence-electron chi connectivity index (χ4n) is 7.67. The van der Waals surface area contributed by atoms with Crippen LogP contribution in [0.25, 0.3) is 0 Å². The van der Waals surface area contributed by atoms with E-state index in [2.05, 4.69) is 125 Å². The Bertz CT molecular complexity index is 1200. The van der Waals surface area contributed by atoms with E-state index in [-0.39, 0.29) is 5.41 Å². The van der Waals surface area contributed by atoms with Gasteiger partial charge in [0.1, 0.15) is 0 Å². The number of allylic oxidation sites excluding steroid dienone is 4. The molecule has 0 spiro atoms.